The molecule has 104 valence electrons. The Hall–Kier alpha value is -2.31. The van der Waals surface area contributed by atoms with Crippen molar-refractivity contribution in [2.45, 2.75) is 12.8 Å². The molecule has 1 aromatic carbocycles. The number of aliphatic carboxylic acids is 1. The third-order valence-electron chi connectivity index (χ3n) is 2.22. The van der Waals surface area contributed by atoms with Gasteiger partial charge in [-0.25, -0.2) is 9.18 Å². The lowest BCUT2D eigenvalue weighted by atomic mass is 10.3. The van der Waals surface area contributed by atoms with Crippen molar-refractivity contribution >= 4 is 17.7 Å². The zero-order valence-corrected chi connectivity index (χ0v) is 10.4. The highest BCUT2D eigenvalue weighted by Gasteiger charge is 2.05. The van der Waals surface area contributed by atoms with Crippen LogP contribution >= 0.6 is 0 Å². The van der Waals surface area contributed by atoms with Crippen molar-refractivity contribution in [3.05, 3.63) is 24.0 Å². The van der Waals surface area contributed by atoms with Crippen molar-refractivity contribution in [1.82, 2.24) is 5.32 Å². The van der Waals surface area contributed by atoms with Crippen LogP contribution in [0, 0.1) is 5.82 Å². The molecule has 1 aromatic rings. The number of benzene rings is 1. The number of nitrogens with one attached hydrogen (secondary N) is 2. The summed E-state index contributed by atoms with van der Waals surface area (Å²) in [6, 6.07) is 3.29. The van der Waals surface area contributed by atoms with Crippen LogP contribution in [0.1, 0.15) is 12.8 Å². The molecule has 0 unspecified atom stereocenters. The van der Waals surface area contributed by atoms with E-state index in [2.05, 4.69) is 10.6 Å². The van der Waals surface area contributed by atoms with E-state index in [-0.39, 0.29) is 18.7 Å². The Kier molecular flexibility index (Phi) is 5.59. The van der Waals surface area contributed by atoms with E-state index in [1.54, 1.807) is 0 Å². The molecule has 0 radical (unpaired) electrons. The summed E-state index contributed by atoms with van der Waals surface area (Å²) < 4.78 is 18.0. The number of carbonyl (C=O) groups excluding carboxylic acids is 1. The molecule has 1 rings (SSSR count). The van der Waals surface area contributed by atoms with E-state index in [0.717, 1.165) is 6.07 Å². The third kappa shape index (κ3) is 5.71. The van der Waals surface area contributed by atoms with Gasteiger partial charge in [0.05, 0.1) is 7.11 Å². The lowest BCUT2D eigenvalue weighted by Crippen LogP contribution is -2.29. The van der Waals surface area contributed by atoms with Crippen LogP contribution in [0.25, 0.3) is 0 Å². The largest absolute Gasteiger partial charge is 0.497 e. The molecule has 0 atom stereocenters. The molecule has 0 aromatic heterocycles. The molecular formula is C12H15FN2O4. The molecule has 19 heavy (non-hydrogen) atoms. The first-order chi connectivity index (χ1) is 9.01. The zero-order chi connectivity index (χ0) is 14.3. The molecule has 6 nitrogen and oxygen atoms in total. The van der Waals surface area contributed by atoms with E-state index in [0.29, 0.717) is 12.2 Å². The summed E-state index contributed by atoms with van der Waals surface area (Å²) in [7, 11) is 1.39. The predicted octanol–water partition coefficient (Wildman–Crippen LogP) is 1.82. The molecule has 0 heterocycles. The molecule has 0 saturated carbocycles. The molecular weight excluding hydrogens is 255 g/mol. The number of methoxy groups -OCH3 is 1. The average Bonchev–Trinajstić information content (AvgIpc) is 2.33. The fraction of sp³-hybridized carbons (Fsp3) is 0.333. The van der Waals surface area contributed by atoms with Gasteiger partial charge in [-0.1, -0.05) is 0 Å². The predicted molar refractivity (Wildman–Crippen MR) is 66.8 cm³/mol. The Bertz CT molecular complexity index is 465. The maximum absolute atomic E-state index is 13.1. The van der Waals surface area contributed by atoms with Crippen molar-refractivity contribution in [2.24, 2.45) is 0 Å². The number of anilines is 1. The monoisotopic (exact) mass is 270 g/mol. The Morgan fingerprint density at radius 1 is 1.37 bits per heavy atom. The van der Waals surface area contributed by atoms with Gasteiger partial charge in [0.25, 0.3) is 0 Å². The molecule has 0 bridgehead atoms. The highest BCUT2D eigenvalue weighted by molar-refractivity contribution is 5.89. The van der Waals surface area contributed by atoms with Gasteiger partial charge in [-0.05, 0) is 12.5 Å². The second kappa shape index (κ2) is 7.20. The molecule has 0 saturated heterocycles. The van der Waals surface area contributed by atoms with Gasteiger partial charge in [0.1, 0.15) is 11.6 Å². The molecule has 2 amide bonds. The highest BCUT2D eigenvalue weighted by atomic mass is 19.1. The number of carboxylic acids is 1. The van der Waals surface area contributed by atoms with Crippen LogP contribution in [0.15, 0.2) is 18.2 Å². The van der Waals surface area contributed by atoms with E-state index in [9.17, 15) is 14.0 Å². The number of carbonyl (C=O) groups is 2. The van der Waals surface area contributed by atoms with Gasteiger partial charge in [0.15, 0.2) is 0 Å². The van der Waals surface area contributed by atoms with Crippen molar-refractivity contribution in [3.8, 4) is 5.75 Å². The van der Waals surface area contributed by atoms with Crippen LogP contribution in [0.2, 0.25) is 0 Å². The number of urea groups is 1. The SMILES string of the molecule is COc1cc(F)cc(NC(=O)NCCCC(=O)O)c1. The molecule has 0 aliphatic carbocycles. The van der Waals surface area contributed by atoms with E-state index in [1.165, 1.54) is 19.2 Å². The van der Waals surface area contributed by atoms with Crippen LogP contribution in [0.5, 0.6) is 5.75 Å². The number of halogens is 1. The minimum atomic E-state index is -0.919. The standard InChI is InChI=1S/C12H15FN2O4/c1-19-10-6-8(13)5-9(7-10)15-12(18)14-4-2-3-11(16)17/h5-7H,2-4H2,1H3,(H,16,17)(H2,14,15,18). The summed E-state index contributed by atoms with van der Waals surface area (Å²) in [6.45, 7) is 0.227. The van der Waals surface area contributed by atoms with E-state index >= 15 is 0 Å². The van der Waals surface area contributed by atoms with Gasteiger partial charge in [-0.15, -0.1) is 0 Å². The highest BCUT2D eigenvalue weighted by Crippen LogP contribution is 2.19. The molecule has 3 N–H and O–H groups in total. The Balaban J connectivity index is 2.43. The fourth-order valence-electron chi connectivity index (χ4n) is 1.37. The van der Waals surface area contributed by atoms with Crippen LogP contribution in [0.3, 0.4) is 0 Å². The molecule has 0 aliphatic heterocycles. The summed E-state index contributed by atoms with van der Waals surface area (Å²) in [4.78, 5) is 21.7. The zero-order valence-electron chi connectivity index (χ0n) is 10.4. The quantitative estimate of drug-likeness (QED) is 0.688. The Labute approximate surface area is 109 Å². The lowest BCUT2D eigenvalue weighted by Gasteiger charge is -2.08. The summed E-state index contributed by atoms with van der Waals surface area (Å²) >= 11 is 0. The normalized spacial score (nSPS) is 9.79. The van der Waals surface area contributed by atoms with Crippen molar-refractivity contribution in [1.29, 1.82) is 0 Å². The van der Waals surface area contributed by atoms with Crippen molar-refractivity contribution in [3.63, 3.8) is 0 Å². The molecule has 7 heteroatoms. The topological polar surface area (TPSA) is 87.7 Å². The minimum Gasteiger partial charge on any atom is -0.497 e. The van der Waals surface area contributed by atoms with E-state index < -0.39 is 17.8 Å². The number of amides is 2. The Morgan fingerprint density at radius 3 is 2.74 bits per heavy atom. The number of hydrogen-bond donors (Lipinski definition) is 3. The number of ether oxygens (including phenoxy) is 1. The van der Waals surface area contributed by atoms with Gasteiger partial charge >= 0.3 is 12.0 Å². The second-order valence-corrected chi connectivity index (χ2v) is 3.76. The Morgan fingerprint density at radius 2 is 2.11 bits per heavy atom. The fourth-order valence-corrected chi connectivity index (χ4v) is 1.37. The van der Waals surface area contributed by atoms with Crippen LogP contribution < -0.4 is 15.4 Å². The molecule has 0 aliphatic rings. The van der Waals surface area contributed by atoms with Gasteiger partial charge in [0.2, 0.25) is 0 Å². The van der Waals surface area contributed by atoms with E-state index in [4.69, 9.17) is 9.84 Å². The number of hydrogen-bond acceptors (Lipinski definition) is 3. The third-order valence-corrected chi connectivity index (χ3v) is 2.22. The van der Waals surface area contributed by atoms with Gasteiger partial charge < -0.3 is 20.5 Å². The summed E-state index contributed by atoms with van der Waals surface area (Å²) in [5, 5.41) is 13.3. The first-order valence-corrected chi connectivity index (χ1v) is 5.62. The summed E-state index contributed by atoms with van der Waals surface area (Å²) in [5.41, 5.74) is 0.257. The van der Waals surface area contributed by atoms with Gasteiger partial charge in [-0.2, -0.15) is 0 Å². The first kappa shape index (κ1) is 14.7. The minimum absolute atomic E-state index is 0.0198. The maximum atomic E-state index is 13.1. The number of rotatable bonds is 6. The van der Waals surface area contributed by atoms with Crippen LogP contribution in [-0.2, 0) is 4.79 Å². The first-order valence-electron chi connectivity index (χ1n) is 5.62. The summed E-state index contributed by atoms with van der Waals surface area (Å²) in [5.74, 6) is -1.15. The average molecular weight is 270 g/mol. The van der Waals surface area contributed by atoms with E-state index in [1.807, 2.05) is 0 Å². The van der Waals surface area contributed by atoms with Gasteiger partial charge in [0, 0.05) is 30.8 Å². The van der Waals surface area contributed by atoms with Crippen molar-refractivity contribution < 1.29 is 23.8 Å². The molecule has 0 fully saturated rings. The maximum Gasteiger partial charge on any atom is 0.319 e. The molecule has 0 spiro atoms. The summed E-state index contributed by atoms with van der Waals surface area (Å²) in [6.07, 6.45) is 0.309. The van der Waals surface area contributed by atoms with Crippen LogP contribution in [0.4, 0.5) is 14.9 Å². The lowest BCUT2D eigenvalue weighted by molar-refractivity contribution is -0.137. The van der Waals surface area contributed by atoms with Crippen molar-refractivity contribution in [2.75, 3.05) is 19.0 Å². The smallest absolute Gasteiger partial charge is 0.319 e. The second-order valence-electron chi connectivity index (χ2n) is 3.76. The number of carboxylic acid groups (broad SMARTS) is 1. The van der Waals surface area contributed by atoms with Gasteiger partial charge in [-0.3, -0.25) is 4.79 Å². The van der Waals surface area contributed by atoms with Crippen LogP contribution in [-0.4, -0.2) is 30.8 Å².